The molecule has 1 aromatic carbocycles. The van der Waals surface area contributed by atoms with E-state index in [4.69, 9.17) is 0 Å². The molecular weight excluding hydrogens is 247 g/mol. The van der Waals surface area contributed by atoms with Gasteiger partial charge in [0.25, 0.3) is 0 Å². The lowest BCUT2D eigenvalue weighted by Gasteiger charge is -2.07. The summed E-state index contributed by atoms with van der Waals surface area (Å²) >= 11 is 3.21. The first-order valence-electron chi connectivity index (χ1n) is 4.59. The molecule has 0 amide bonds. The zero-order valence-corrected chi connectivity index (χ0v) is 9.59. The van der Waals surface area contributed by atoms with Gasteiger partial charge in [0, 0.05) is 4.47 Å². The van der Waals surface area contributed by atoms with E-state index < -0.39 is 0 Å². The number of halogens is 2. The summed E-state index contributed by atoms with van der Waals surface area (Å²) in [6.45, 7) is 1.92. The number of aliphatic hydroxyl groups excluding tert-OH is 1. The Morgan fingerprint density at radius 1 is 1.50 bits per heavy atom. The van der Waals surface area contributed by atoms with Crippen LogP contribution in [0.5, 0.6) is 0 Å². The van der Waals surface area contributed by atoms with Crippen molar-refractivity contribution in [2.24, 2.45) is 0 Å². The van der Waals surface area contributed by atoms with Gasteiger partial charge in [-0.3, -0.25) is 0 Å². The third-order valence-electron chi connectivity index (χ3n) is 1.98. The Labute approximate surface area is 92.1 Å². The molecule has 0 aliphatic carbocycles. The number of benzene rings is 1. The minimum absolute atomic E-state index is 0.267. The standard InChI is InChI=1S/C11H13BrFO/c1-2-11(14)4-3-8-5-9(12)7-10(13)6-8/h3,5-7,11,14H,2,4H2,1H3. The van der Waals surface area contributed by atoms with E-state index in [1.165, 1.54) is 12.1 Å². The van der Waals surface area contributed by atoms with Crippen molar-refractivity contribution >= 4 is 15.9 Å². The van der Waals surface area contributed by atoms with Crippen LogP contribution in [0.2, 0.25) is 0 Å². The highest BCUT2D eigenvalue weighted by Crippen LogP contribution is 2.18. The van der Waals surface area contributed by atoms with Gasteiger partial charge in [0.05, 0.1) is 6.10 Å². The van der Waals surface area contributed by atoms with E-state index in [-0.39, 0.29) is 11.9 Å². The van der Waals surface area contributed by atoms with Gasteiger partial charge >= 0.3 is 0 Å². The zero-order chi connectivity index (χ0) is 10.6. The van der Waals surface area contributed by atoms with Crippen molar-refractivity contribution in [2.75, 3.05) is 0 Å². The van der Waals surface area contributed by atoms with E-state index in [9.17, 15) is 9.50 Å². The number of aliphatic hydroxyl groups is 1. The van der Waals surface area contributed by atoms with E-state index in [0.717, 1.165) is 10.0 Å². The van der Waals surface area contributed by atoms with Gasteiger partial charge in [-0.2, -0.15) is 0 Å². The predicted molar refractivity (Wildman–Crippen MR) is 58.4 cm³/mol. The van der Waals surface area contributed by atoms with Crippen molar-refractivity contribution in [3.8, 4) is 0 Å². The fourth-order valence-electron chi connectivity index (χ4n) is 1.13. The summed E-state index contributed by atoms with van der Waals surface area (Å²) in [5.74, 6) is -0.267. The van der Waals surface area contributed by atoms with Crippen LogP contribution in [0.3, 0.4) is 0 Å². The molecule has 0 aromatic heterocycles. The van der Waals surface area contributed by atoms with Crippen LogP contribution in [0.15, 0.2) is 22.7 Å². The van der Waals surface area contributed by atoms with Crippen molar-refractivity contribution in [2.45, 2.75) is 25.9 Å². The largest absolute Gasteiger partial charge is 0.393 e. The second kappa shape index (κ2) is 5.47. The highest BCUT2D eigenvalue weighted by Gasteiger charge is 2.03. The second-order valence-corrected chi connectivity index (χ2v) is 4.12. The van der Waals surface area contributed by atoms with Gasteiger partial charge in [-0.25, -0.2) is 4.39 Å². The Bertz CT molecular complexity index is 281. The minimum Gasteiger partial charge on any atom is -0.393 e. The summed E-state index contributed by atoms with van der Waals surface area (Å²) in [7, 11) is 0. The Balaban J connectivity index is 2.58. The molecule has 1 unspecified atom stereocenters. The molecule has 0 aliphatic rings. The van der Waals surface area contributed by atoms with Gasteiger partial charge in [-0.15, -0.1) is 0 Å². The van der Waals surface area contributed by atoms with Crippen molar-refractivity contribution in [3.05, 3.63) is 40.5 Å². The van der Waals surface area contributed by atoms with E-state index in [1.54, 1.807) is 0 Å². The van der Waals surface area contributed by atoms with Crippen LogP contribution in [0.4, 0.5) is 4.39 Å². The average Bonchev–Trinajstić information content (AvgIpc) is 2.12. The normalized spacial score (nSPS) is 12.9. The van der Waals surface area contributed by atoms with Crippen molar-refractivity contribution < 1.29 is 9.50 Å². The molecule has 1 N–H and O–H groups in total. The fraction of sp³-hybridized carbons (Fsp3) is 0.364. The summed E-state index contributed by atoms with van der Waals surface area (Å²) in [5, 5.41) is 9.32. The zero-order valence-electron chi connectivity index (χ0n) is 8.00. The Hall–Kier alpha value is -0.410. The molecule has 0 spiro atoms. The van der Waals surface area contributed by atoms with Crippen LogP contribution in [0.1, 0.15) is 25.3 Å². The lowest BCUT2D eigenvalue weighted by Crippen LogP contribution is -2.04. The highest BCUT2D eigenvalue weighted by atomic mass is 79.9. The monoisotopic (exact) mass is 259 g/mol. The van der Waals surface area contributed by atoms with Crippen LogP contribution in [-0.2, 0) is 0 Å². The van der Waals surface area contributed by atoms with Crippen molar-refractivity contribution in [1.82, 2.24) is 0 Å². The maximum atomic E-state index is 12.9. The molecule has 0 bridgehead atoms. The fourth-order valence-corrected chi connectivity index (χ4v) is 1.61. The summed E-state index contributed by atoms with van der Waals surface area (Å²) in [5.41, 5.74) is 0.796. The van der Waals surface area contributed by atoms with Gasteiger partial charge in [-0.05, 0) is 43.0 Å². The SMILES string of the molecule is CCC(O)C[CH]c1cc(F)cc(Br)c1. The lowest BCUT2D eigenvalue weighted by atomic mass is 10.1. The smallest absolute Gasteiger partial charge is 0.124 e. The van der Waals surface area contributed by atoms with Crippen molar-refractivity contribution in [3.63, 3.8) is 0 Å². The molecule has 1 rings (SSSR count). The van der Waals surface area contributed by atoms with Gasteiger partial charge in [0.2, 0.25) is 0 Å². The predicted octanol–water partition coefficient (Wildman–Crippen LogP) is 3.30. The van der Waals surface area contributed by atoms with Crippen LogP contribution < -0.4 is 0 Å². The molecule has 1 radical (unpaired) electrons. The van der Waals surface area contributed by atoms with E-state index in [0.29, 0.717) is 12.8 Å². The van der Waals surface area contributed by atoms with E-state index in [2.05, 4.69) is 15.9 Å². The van der Waals surface area contributed by atoms with Gasteiger partial charge in [0.15, 0.2) is 0 Å². The molecule has 1 atom stereocenters. The highest BCUT2D eigenvalue weighted by molar-refractivity contribution is 9.10. The Morgan fingerprint density at radius 2 is 2.21 bits per heavy atom. The maximum Gasteiger partial charge on any atom is 0.124 e. The van der Waals surface area contributed by atoms with Crippen LogP contribution in [-0.4, -0.2) is 11.2 Å². The quantitative estimate of drug-likeness (QED) is 0.880. The number of rotatable bonds is 4. The number of hydrogen-bond acceptors (Lipinski definition) is 1. The van der Waals surface area contributed by atoms with E-state index in [1.807, 2.05) is 19.4 Å². The summed E-state index contributed by atoms with van der Waals surface area (Å²) in [4.78, 5) is 0. The Kier molecular flexibility index (Phi) is 4.55. The summed E-state index contributed by atoms with van der Waals surface area (Å²) < 4.78 is 13.6. The minimum atomic E-state index is -0.336. The molecular formula is C11H13BrFO. The molecule has 1 nitrogen and oxygen atoms in total. The third-order valence-corrected chi connectivity index (χ3v) is 2.44. The molecule has 0 heterocycles. The molecule has 0 fully saturated rings. The lowest BCUT2D eigenvalue weighted by molar-refractivity contribution is 0.170. The van der Waals surface area contributed by atoms with Gasteiger partial charge in [0.1, 0.15) is 5.82 Å². The summed E-state index contributed by atoms with van der Waals surface area (Å²) in [6.07, 6.45) is 2.78. The topological polar surface area (TPSA) is 20.2 Å². The number of hydrogen-bond donors (Lipinski definition) is 1. The van der Waals surface area contributed by atoms with Crippen LogP contribution in [0.25, 0.3) is 0 Å². The molecule has 0 saturated heterocycles. The first kappa shape index (κ1) is 11.7. The van der Waals surface area contributed by atoms with Crippen LogP contribution in [0, 0.1) is 12.2 Å². The van der Waals surface area contributed by atoms with Gasteiger partial charge < -0.3 is 5.11 Å². The maximum absolute atomic E-state index is 12.9. The molecule has 77 valence electrons. The first-order valence-corrected chi connectivity index (χ1v) is 5.38. The van der Waals surface area contributed by atoms with E-state index >= 15 is 0 Å². The average molecular weight is 260 g/mol. The molecule has 0 aliphatic heterocycles. The second-order valence-electron chi connectivity index (χ2n) is 3.20. The van der Waals surface area contributed by atoms with Gasteiger partial charge in [-0.1, -0.05) is 22.9 Å². The third kappa shape index (κ3) is 3.76. The molecule has 0 saturated carbocycles. The molecule has 14 heavy (non-hydrogen) atoms. The Morgan fingerprint density at radius 3 is 2.79 bits per heavy atom. The van der Waals surface area contributed by atoms with Crippen molar-refractivity contribution in [1.29, 1.82) is 0 Å². The summed E-state index contributed by atoms with van der Waals surface area (Å²) in [6, 6.07) is 4.69. The van der Waals surface area contributed by atoms with Crippen LogP contribution >= 0.6 is 15.9 Å². The molecule has 1 aromatic rings. The first-order chi connectivity index (χ1) is 6.61. The molecule has 3 heteroatoms.